The van der Waals surface area contributed by atoms with Crippen LogP contribution in [0.1, 0.15) is 83.3 Å². The van der Waals surface area contributed by atoms with Crippen LogP contribution in [0.3, 0.4) is 0 Å². The van der Waals surface area contributed by atoms with E-state index in [1.54, 1.807) is 6.20 Å². The number of ether oxygens (including phenoxy) is 1. The molecule has 1 fully saturated rings. The molecule has 3 N–H and O–H groups in total. The highest BCUT2D eigenvalue weighted by atomic mass is 32.2. The van der Waals surface area contributed by atoms with Crippen molar-refractivity contribution in [3.63, 3.8) is 0 Å². The minimum absolute atomic E-state index is 0.0158. The molecule has 1 amide bonds. The number of hydrogen-bond acceptors (Lipinski definition) is 7. The zero-order valence-electron chi connectivity index (χ0n) is 27.3. The number of carbonyl (C=O) groups excluding carboxylic acids is 1. The lowest BCUT2D eigenvalue weighted by Gasteiger charge is -2.43. The molecule has 0 radical (unpaired) electrons. The van der Waals surface area contributed by atoms with E-state index in [-0.39, 0.29) is 22.8 Å². The van der Waals surface area contributed by atoms with E-state index in [0.717, 1.165) is 59.5 Å². The van der Waals surface area contributed by atoms with Gasteiger partial charge in [0.25, 0.3) is 5.91 Å². The number of carboxylic acid groups (broad SMARTS) is 1. The molecule has 246 valence electrons. The number of carboxylic acids is 1. The molecule has 0 spiro atoms. The third-order valence-corrected chi connectivity index (χ3v) is 11.3. The zero-order valence-corrected chi connectivity index (χ0v) is 28.2. The van der Waals surface area contributed by atoms with Crippen molar-refractivity contribution in [2.75, 3.05) is 16.2 Å². The minimum atomic E-state index is -1.09. The largest absolute Gasteiger partial charge is 0.476 e. The fourth-order valence-corrected chi connectivity index (χ4v) is 9.03. The summed E-state index contributed by atoms with van der Waals surface area (Å²) >= 11 is -0.909. The van der Waals surface area contributed by atoms with E-state index in [4.69, 9.17) is 4.74 Å². The second-order valence-electron chi connectivity index (χ2n) is 13.7. The first-order chi connectivity index (χ1) is 22.5. The van der Waals surface area contributed by atoms with Crippen molar-refractivity contribution in [3.8, 4) is 11.1 Å². The number of nitrogens with one attached hydrogen (secondary N) is 2. The monoisotopic (exact) mass is 654 g/mol. The molecule has 0 saturated carbocycles. The molecule has 2 atom stereocenters. The molecule has 47 heavy (non-hydrogen) atoms. The number of fused-ring (bicyclic) bond motifs is 2. The van der Waals surface area contributed by atoms with Crippen LogP contribution in [0, 0.1) is 6.92 Å². The summed E-state index contributed by atoms with van der Waals surface area (Å²) in [6.45, 7) is 10.1. The van der Waals surface area contributed by atoms with Crippen LogP contribution in [-0.2, 0) is 30.0 Å². The zero-order chi connectivity index (χ0) is 32.9. The van der Waals surface area contributed by atoms with Gasteiger partial charge in [-0.25, -0.2) is 9.78 Å². The molecule has 2 aromatic carbocycles. The number of amides is 1. The predicted molar refractivity (Wildman–Crippen MR) is 186 cm³/mol. The normalized spacial score (nSPS) is 22.2. The van der Waals surface area contributed by atoms with Gasteiger partial charge in [0.2, 0.25) is 0 Å². The molecular weight excluding hydrogens is 613 g/mol. The average Bonchev–Trinajstić information content (AvgIpc) is 3.61. The number of carbonyl (C=O) groups is 2. The van der Waals surface area contributed by atoms with Crippen LogP contribution in [0.2, 0.25) is 0 Å². The van der Waals surface area contributed by atoms with E-state index in [2.05, 4.69) is 57.3 Å². The standard InChI is InChI=1S/C36H42N6O4S/c1-23-28(19-37-42(23)22-36(4)17-8-16-35(2,3)46-36)26-13-14-31(38-32(26)34(44)45)41-18-15-24-10-7-11-27(29(24)20-41)33(43)40-47-21-25-9-5-6-12-30(25)39-47/h5-7,9-14,19,39,47H,8,15-18,20-22H2,1-4H3,(H,40,43)(H,44,45). The number of anilines is 2. The highest BCUT2D eigenvalue weighted by Gasteiger charge is 2.38. The molecule has 0 bridgehead atoms. The van der Waals surface area contributed by atoms with Gasteiger partial charge in [0.05, 0.1) is 23.9 Å². The number of hydrogen-bond donors (Lipinski definition) is 4. The van der Waals surface area contributed by atoms with Crippen molar-refractivity contribution in [2.45, 2.75) is 83.4 Å². The molecule has 11 heteroatoms. The Kier molecular flexibility index (Phi) is 8.00. The Labute approximate surface area is 278 Å². The van der Waals surface area contributed by atoms with Gasteiger partial charge in [-0.3, -0.25) is 9.48 Å². The lowest BCUT2D eigenvalue weighted by Crippen LogP contribution is -2.46. The minimum Gasteiger partial charge on any atom is -0.476 e. The van der Waals surface area contributed by atoms with Crippen molar-refractivity contribution >= 4 is 34.6 Å². The van der Waals surface area contributed by atoms with Gasteiger partial charge in [0.1, 0.15) is 5.82 Å². The molecule has 2 aromatic heterocycles. The average molecular weight is 655 g/mol. The summed E-state index contributed by atoms with van der Waals surface area (Å²) in [6, 6.07) is 17.7. The van der Waals surface area contributed by atoms with E-state index in [0.29, 0.717) is 36.6 Å². The molecule has 2 unspecified atom stereocenters. The van der Waals surface area contributed by atoms with Crippen molar-refractivity contribution in [3.05, 3.63) is 94.4 Å². The molecular formula is C36H42N6O4S. The van der Waals surface area contributed by atoms with Crippen LogP contribution >= 0.6 is 11.3 Å². The van der Waals surface area contributed by atoms with E-state index in [1.165, 1.54) is 5.56 Å². The number of nitrogens with zero attached hydrogens (tertiary/aromatic N) is 4. The number of thiol groups is 1. The first kappa shape index (κ1) is 31.3. The van der Waals surface area contributed by atoms with Crippen molar-refractivity contribution in [1.82, 2.24) is 19.5 Å². The van der Waals surface area contributed by atoms with Crippen molar-refractivity contribution in [1.29, 1.82) is 0 Å². The van der Waals surface area contributed by atoms with E-state index in [1.807, 2.05) is 54.1 Å². The summed E-state index contributed by atoms with van der Waals surface area (Å²) < 4.78 is 15.1. The molecule has 1 saturated heterocycles. The van der Waals surface area contributed by atoms with Gasteiger partial charge in [-0.1, -0.05) is 30.3 Å². The van der Waals surface area contributed by atoms with Gasteiger partial charge >= 0.3 is 5.97 Å². The number of benzene rings is 2. The van der Waals surface area contributed by atoms with E-state index < -0.39 is 17.2 Å². The van der Waals surface area contributed by atoms with Crippen molar-refractivity contribution in [2.24, 2.45) is 0 Å². The fourth-order valence-electron chi connectivity index (χ4n) is 7.32. The Hall–Kier alpha value is -4.35. The molecule has 5 heterocycles. The lowest BCUT2D eigenvalue weighted by atomic mass is 9.88. The predicted octanol–water partition coefficient (Wildman–Crippen LogP) is 6.44. The quantitative estimate of drug-likeness (QED) is 0.168. The molecule has 0 aliphatic carbocycles. The van der Waals surface area contributed by atoms with Gasteiger partial charge in [0, 0.05) is 46.9 Å². The second kappa shape index (κ2) is 12.0. The van der Waals surface area contributed by atoms with Gasteiger partial charge < -0.3 is 24.2 Å². The van der Waals surface area contributed by atoms with Crippen LogP contribution in [0.25, 0.3) is 11.1 Å². The maximum absolute atomic E-state index is 13.6. The lowest BCUT2D eigenvalue weighted by molar-refractivity contribution is -0.172. The van der Waals surface area contributed by atoms with Gasteiger partial charge in [0.15, 0.2) is 5.69 Å². The van der Waals surface area contributed by atoms with Gasteiger partial charge in [-0.2, -0.15) is 5.10 Å². The highest BCUT2D eigenvalue weighted by molar-refractivity contribution is 8.16. The summed E-state index contributed by atoms with van der Waals surface area (Å²) in [5.41, 5.74) is 6.59. The number of aromatic carboxylic acids is 1. The second-order valence-corrected chi connectivity index (χ2v) is 15.4. The Bertz CT molecular complexity index is 1850. The Morgan fingerprint density at radius 2 is 1.85 bits per heavy atom. The molecule has 7 rings (SSSR count). The first-order valence-electron chi connectivity index (χ1n) is 16.2. The third-order valence-electron chi connectivity index (χ3n) is 9.65. The summed E-state index contributed by atoms with van der Waals surface area (Å²) in [6.07, 6.45) is 5.51. The third kappa shape index (κ3) is 6.21. The van der Waals surface area contributed by atoms with Crippen molar-refractivity contribution < 1.29 is 19.4 Å². The van der Waals surface area contributed by atoms with Crippen LogP contribution in [0.5, 0.6) is 0 Å². The molecule has 3 aliphatic heterocycles. The molecule has 10 nitrogen and oxygen atoms in total. The SMILES string of the molecule is Cc1c(-c2ccc(N3CCc4cccc(C(=O)N[SH]5Cc6ccccc6N5)c4C3)nc2C(=O)O)cnn1CC1(C)CCCC(C)(C)O1. The topological polar surface area (TPSA) is 122 Å². The summed E-state index contributed by atoms with van der Waals surface area (Å²) in [7, 11) is 0. The number of aromatic nitrogens is 3. The number of pyridine rings is 1. The van der Waals surface area contributed by atoms with Gasteiger partial charge in [-0.15, -0.1) is 11.3 Å². The van der Waals surface area contributed by atoms with Crippen LogP contribution in [0.4, 0.5) is 11.5 Å². The fraction of sp³-hybridized carbons (Fsp3) is 0.389. The molecule has 4 aromatic rings. The Morgan fingerprint density at radius 1 is 1.04 bits per heavy atom. The number of para-hydroxylation sites is 1. The van der Waals surface area contributed by atoms with Crippen LogP contribution < -0.4 is 14.3 Å². The highest BCUT2D eigenvalue weighted by Crippen LogP contribution is 2.40. The number of rotatable bonds is 7. The molecule has 3 aliphatic rings. The Morgan fingerprint density at radius 3 is 2.64 bits per heavy atom. The maximum atomic E-state index is 13.6. The van der Waals surface area contributed by atoms with Crippen LogP contribution in [0.15, 0.2) is 60.8 Å². The smallest absolute Gasteiger partial charge is 0.355 e. The van der Waals surface area contributed by atoms with Gasteiger partial charge in [-0.05, 0) is 94.3 Å². The Balaban J connectivity index is 1.11. The summed E-state index contributed by atoms with van der Waals surface area (Å²) in [5.74, 6) is 0.159. The summed E-state index contributed by atoms with van der Waals surface area (Å²) in [5, 5.41) is 15.0. The first-order valence-corrected chi connectivity index (χ1v) is 17.8. The van der Waals surface area contributed by atoms with E-state index >= 15 is 0 Å². The summed E-state index contributed by atoms with van der Waals surface area (Å²) in [4.78, 5) is 32.9. The maximum Gasteiger partial charge on any atom is 0.355 e. The van der Waals surface area contributed by atoms with E-state index in [9.17, 15) is 14.7 Å². The van der Waals surface area contributed by atoms with Crippen LogP contribution in [-0.4, -0.2) is 49.5 Å².